The van der Waals surface area contributed by atoms with Crippen molar-refractivity contribution >= 4 is 11.7 Å². The van der Waals surface area contributed by atoms with Crippen molar-refractivity contribution in [1.82, 2.24) is 0 Å². The van der Waals surface area contributed by atoms with E-state index in [2.05, 4.69) is 4.90 Å². The predicted molar refractivity (Wildman–Crippen MR) is 61.9 cm³/mol. The minimum atomic E-state index is -1.21. The maximum atomic E-state index is 13.2. The summed E-state index contributed by atoms with van der Waals surface area (Å²) < 4.78 is 13.2. The maximum absolute atomic E-state index is 13.2. The van der Waals surface area contributed by atoms with Crippen LogP contribution in [0.15, 0.2) is 18.2 Å². The Hall–Kier alpha value is -1.58. The van der Waals surface area contributed by atoms with Gasteiger partial charge in [-0.25, -0.2) is 9.18 Å². The summed E-state index contributed by atoms with van der Waals surface area (Å²) in [5, 5.41) is 8.86. The molecule has 1 saturated carbocycles. The number of aromatic carboxylic acids is 1. The summed E-state index contributed by atoms with van der Waals surface area (Å²) in [5.74, 6) is -1.87. The first-order valence-electron chi connectivity index (χ1n) is 5.88. The average molecular weight is 235 g/mol. The summed E-state index contributed by atoms with van der Waals surface area (Å²) in [6.45, 7) is 1.97. The fourth-order valence-electron chi connectivity index (χ4n) is 2.81. The molecule has 1 aromatic rings. The van der Waals surface area contributed by atoms with Crippen LogP contribution in [0.1, 0.15) is 29.6 Å². The van der Waals surface area contributed by atoms with E-state index in [1.54, 1.807) is 6.07 Å². The van der Waals surface area contributed by atoms with Gasteiger partial charge in [0.1, 0.15) is 5.82 Å². The number of carboxylic acid groups (broad SMARTS) is 1. The van der Waals surface area contributed by atoms with Crippen molar-refractivity contribution in [3.63, 3.8) is 0 Å². The van der Waals surface area contributed by atoms with Crippen molar-refractivity contribution in [2.75, 3.05) is 18.0 Å². The number of anilines is 1. The van der Waals surface area contributed by atoms with Crippen LogP contribution >= 0.6 is 0 Å². The van der Waals surface area contributed by atoms with E-state index < -0.39 is 11.8 Å². The molecular formula is C13H14FNO2. The molecule has 17 heavy (non-hydrogen) atoms. The van der Waals surface area contributed by atoms with Gasteiger partial charge in [0.05, 0.1) is 5.56 Å². The Morgan fingerprint density at radius 1 is 1.35 bits per heavy atom. The van der Waals surface area contributed by atoms with Crippen LogP contribution in [0.3, 0.4) is 0 Å². The van der Waals surface area contributed by atoms with Crippen LogP contribution < -0.4 is 4.90 Å². The SMILES string of the molecule is O=C(O)c1cc(N2CC3(CCC3)C2)ccc1F. The Morgan fingerprint density at radius 3 is 2.59 bits per heavy atom. The molecule has 0 unspecified atom stereocenters. The van der Waals surface area contributed by atoms with Gasteiger partial charge in [0.25, 0.3) is 0 Å². The molecule has 2 aliphatic rings. The first kappa shape index (κ1) is 10.6. The average Bonchev–Trinajstić information content (AvgIpc) is 2.15. The van der Waals surface area contributed by atoms with E-state index in [1.165, 1.54) is 31.4 Å². The van der Waals surface area contributed by atoms with Gasteiger partial charge in [0.15, 0.2) is 0 Å². The molecule has 1 aromatic carbocycles. The highest BCUT2D eigenvalue weighted by Gasteiger charge is 2.47. The summed E-state index contributed by atoms with van der Waals surface area (Å²) in [6, 6.07) is 4.33. The number of benzene rings is 1. The van der Waals surface area contributed by atoms with Gasteiger partial charge in [-0.2, -0.15) is 0 Å². The second-order valence-electron chi connectivity index (χ2n) is 5.18. The van der Waals surface area contributed by atoms with Crippen molar-refractivity contribution in [1.29, 1.82) is 0 Å². The molecule has 90 valence electrons. The van der Waals surface area contributed by atoms with Crippen LogP contribution in [0, 0.1) is 11.2 Å². The van der Waals surface area contributed by atoms with E-state index in [9.17, 15) is 9.18 Å². The van der Waals surface area contributed by atoms with Crippen LogP contribution in [-0.4, -0.2) is 24.2 Å². The number of halogens is 1. The van der Waals surface area contributed by atoms with E-state index >= 15 is 0 Å². The molecule has 1 saturated heterocycles. The first-order chi connectivity index (χ1) is 8.10. The zero-order valence-corrected chi connectivity index (χ0v) is 9.45. The lowest BCUT2D eigenvalue weighted by Crippen LogP contribution is -2.59. The summed E-state index contributed by atoms with van der Waals surface area (Å²) >= 11 is 0. The molecule has 4 heteroatoms. The van der Waals surface area contributed by atoms with Gasteiger partial charge < -0.3 is 10.0 Å². The highest BCUT2D eigenvalue weighted by atomic mass is 19.1. The Labute approximate surface area is 98.9 Å². The lowest BCUT2D eigenvalue weighted by molar-refractivity contribution is 0.0691. The second-order valence-corrected chi connectivity index (χ2v) is 5.18. The summed E-state index contributed by atoms with van der Waals surface area (Å²) in [4.78, 5) is 13.0. The largest absolute Gasteiger partial charge is 0.478 e. The molecule has 1 heterocycles. The molecule has 0 radical (unpaired) electrons. The van der Waals surface area contributed by atoms with Gasteiger partial charge in [0, 0.05) is 24.2 Å². The predicted octanol–water partition coefficient (Wildman–Crippen LogP) is 2.51. The Balaban J connectivity index is 1.80. The maximum Gasteiger partial charge on any atom is 0.338 e. The fraction of sp³-hybridized carbons (Fsp3) is 0.462. The van der Waals surface area contributed by atoms with Gasteiger partial charge in [-0.15, -0.1) is 0 Å². The molecule has 1 aliphatic carbocycles. The van der Waals surface area contributed by atoms with Gasteiger partial charge in [-0.05, 0) is 31.0 Å². The van der Waals surface area contributed by atoms with E-state index in [1.807, 2.05) is 0 Å². The fourth-order valence-corrected chi connectivity index (χ4v) is 2.81. The minimum absolute atomic E-state index is 0.239. The standard InChI is InChI=1S/C13H14FNO2/c14-11-3-2-9(6-10(11)12(16)17)15-7-13(8-15)4-1-5-13/h2-3,6H,1,4-5,7-8H2,(H,16,17). The molecule has 1 spiro atoms. The highest BCUT2D eigenvalue weighted by Crippen LogP contribution is 2.49. The Bertz CT molecular complexity index is 474. The number of hydrogen-bond acceptors (Lipinski definition) is 2. The van der Waals surface area contributed by atoms with Gasteiger partial charge in [-0.1, -0.05) is 6.42 Å². The van der Waals surface area contributed by atoms with Gasteiger partial charge >= 0.3 is 5.97 Å². The van der Waals surface area contributed by atoms with Crippen LogP contribution in [0.4, 0.5) is 10.1 Å². The molecule has 0 atom stereocenters. The van der Waals surface area contributed by atoms with Crippen molar-refractivity contribution in [2.24, 2.45) is 5.41 Å². The van der Waals surface area contributed by atoms with Crippen molar-refractivity contribution in [3.05, 3.63) is 29.6 Å². The molecule has 3 nitrogen and oxygen atoms in total. The lowest BCUT2D eigenvalue weighted by Gasteiger charge is -2.57. The third-order valence-corrected chi connectivity index (χ3v) is 4.01. The van der Waals surface area contributed by atoms with Crippen LogP contribution in [0.2, 0.25) is 0 Å². The molecule has 2 fully saturated rings. The quantitative estimate of drug-likeness (QED) is 0.856. The van der Waals surface area contributed by atoms with E-state index in [0.29, 0.717) is 5.41 Å². The molecular weight excluding hydrogens is 221 g/mol. The van der Waals surface area contributed by atoms with Crippen LogP contribution in [-0.2, 0) is 0 Å². The third kappa shape index (κ3) is 1.59. The van der Waals surface area contributed by atoms with Crippen molar-refractivity contribution in [2.45, 2.75) is 19.3 Å². The minimum Gasteiger partial charge on any atom is -0.478 e. The number of nitrogens with zero attached hydrogens (tertiary/aromatic N) is 1. The zero-order chi connectivity index (χ0) is 12.0. The molecule has 1 N–H and O–H groups in total. The molecule has 0 amide bonds. The Morgan fingerprint density at radius 2 is 2.06 bits per heavy atom. The zero-order valence-electron chi connectivity index (χ0n) is 9.45. The van der Waals surface area contributed by atoms with Crippen LogP contribution in [0.25, 0.3) is 0 Å². The summed E-state index contributed by atoms with van der Waals surface area (Å²) in [7, 11) is 0. The topological polar surface area (TPSA) is 40.5 Å². The van der Waals surface area contributed by atoms with Crippen molar-refractivity contribution < 1.29 is 14.3 Å². The van der Waals surface area contributed by atoms with Gasteiger partial charge in [0.2, 0.25) is 0 Å². The first-order valence-corrected chi connectivity index (χ1v) is 5.88. The second kappa shape index (κ2) is 3.45. The van der Waals surface area contributed by atoms with Gasteiger partial charge in [-0.3, -0.25) is 0 Å². The number of hydrogen-bond donors (Lipinski definition) is 1. The summed E-state index contributed by atoms with van der Waals surface area (Å²) in [5.41, 5.74) is 1.07. The Kier molecular flexibility index (Phi) is 2.15. The summed E-state index contributed by atoms with van der Waals surface area (Å²) in [6.07, 6.45) is 3.85. The molecule has 1 aliphatic heterocycles. The number of carbonyl (C=O) groups is 1. The smallest absolute Gasteiger partial charge is 0.338 e. The van der Waals surface area contributed by atoms with E-state index in [4.69, 9.17) is 5.11 Å². The van der Waals surface area contributed by atoms with E-state index in [0.717, 1.165) is 18.8 Å². The highest BCUT2D eigenvalue weighted by molar-refractivity contribution is 5.89. The normalized spacial score (nSPS) is 20.9. The molecule has 0 aromatic heterocycles. The monoisotopic (exact) mass is 235 g/mol. The third-order valence-electron chi connectivity index (χ3n) is 4.01. The number of rotatable bonds is 2. The van der Waals surface area contributed by atoms with Crippen molar-refractivity contribution in [3.8, 4) is 0 Å². The lowest BCUT2D eigenvalue weighted by atomic mass is 9.63. The molecule has 3 rings (SSSR count). The van der Waals surface area contributed by atoms with Crippen LogP contribution in [0.5, 0.6) is 0 Å². The molecule has 0 bridgehead atoms. The van der Waals surface area contributed by atoms with E-state index in [-0.39, 0.29) is 5.56 Å². The number of carboxylic acids is 1.